The number of rotatable bonds is 11. The van der Waals surface area contributed by atoms with Crippen LogP contribution in [-0.4, -0.2) is 91.4 Å². The summed E-state index contributed by atoms with van der Waals surface area (Å²) in [4.78, 5) is 65.9. The number of phenols is 1. The molecule has 47 heavy (non-hydrogen) atoms. The van der Waals surface area contributed by atoms with Crippen molar-refractivity contribution in [3.05, 3.63) is 23.8 Å². The fourth-order valence-electron chi connectivity index (χ4n) is 3.22. The number of hydrogen-bond donors (Lipinski definition) is 5. The van der Waals surface area contributed by atoms with Gasteiger partial charge in [-0.25, -0.2) is 24.2 Å². The molecule has 0 aliphatic carbocycles. The lowest BCUT2D eigenvalue weighted by Crippen LogP contribution is -2.49. The summed E-state index contributed by atoms with van der Waals surface area (Å²) >= 11 is 0. The molecule has 5 N–H and O–H groups in total. The molecule has 0 bridgehead atoms. The lowest BCUT2D eigenvalue weighted by Gasteiger charge is -2.22. The maximum absolute atomic E-state index is 12.8. The monoisotopic (exact) mass is 667 g/mol. The summed E-state index contributed by atoms with van der Waals surface area (Å²) in [5.74, 6) is -1.98. The molecule has 0 aliphatic heterocycles. The zero-order valence-corrected chi connectivity index (χ0v) is 28.8. The van der Waals surface area contributed by atoms with Crippen LogP contribution in [0, 0.1) is 5.41 Å². The second-order valence-corrected chi connectivity index (χ2v) is 13.3. The highest BCUT2D eigenvalue weighted by molar-refractivity contribution is 6.01. The lowest BCUT2D eigenvalue weighted by molar-refractivity contribution is -0.145. The van der Waals surface area contributed by atoms with Crippen LogP contribution in [0.25, 0.3) is 0 Å². The molecule has 0 fully saturated rings. The van der Waals surface area contributed by atoms with E-state index in [2.05, 4.69) is 26.3 Å². The highest BCUT2D eigenvalue weighted by atomic mass is 16.6. The highest BCUT2D eigenvalue weighted by Gasteiger charge is 2.26. The minimum Gasteiger partial charge on any atom is -0.507 e. The van der Waals surface area contributed by atoms with Gasteiger partial charge in [0.25, 0.3) is 5.91 Å². The van der Waals surface area contributed by atoms with Gasteiger partial charge in [-0.15, -0.1) is 0 Å². The molecule has 264 valence electrons. The third-order valence-electron chi connectivity index (χ3n) is 5.05. The minimum atomic E-state index is -1.24. The quantitative estimate of drug-likeness (QED) is 0.0756. The van der Waals surface area contributed by atoms with E-state index in [1.165, 1.54) is 18.2 Å². The molecule has 1 aromatic rings. The van der Waals surface area contributed by atoms with Crippen LogP contribution in [0.15, 0.2) is 23.2 Å². The molecule has 16 nitrogen and oxygen atoms in total. The molecule has 1 rings (SSSR count). The zero-order chi connectivity index (χ0) is 36.0. The van der Waals surface area contributed by atoms with Crippen LogP contribution in [-0.2, 0) is 23.7 Å². The van der Waals surface area contributed by atoms with E-state index < -0.39 is 53.1 Å². The number of guanidine groups is 1. The van der Waals surface area contributed by atoms with Gasteiger partial charge < -0.3 is 39.4 Å². The van der Waals surface area contributed by atoms with E-state index in [0.29, 0.717) is 0 Å². The number of ether oxygens (including phenoxy) is 5. The number of hydrogen-bond acceptors (Lipinski definition) is 12. The van der Waals surface area contributed by atoms with Crippen molar-refractivity contribution in [2.45, 2.75) is 86.5 Å². The van der Waals surface area contributed by atoms with Gasteiger partial charge in [0.2, 0.25) is 5.96 Å². The average Bonchev–Trinajstić information content (AvgIpc) is 2.89. The normalized spacial score (nSPS) is 12.0. The SMILES string of the molecule is CCOC(=O)[C@H](CNC(=O)c1ccc(OCCN=C(NC(=O)OC(C)(C)C)NC(=O)OC(C)(C)C)cc1O)NC(=O)OCC(C)(C)C. The molecule has 1 atom stereocenters. The molecule has 0 saturated heterocycles. The largest absolute Gasteiger partial charge is 0.507 e. The Morgan fingerprint density at radius 1 is 0.851 bits per heavy atom. The zero-order valence-electron chi connectivity index (χ0n) is 28.8. The maximum Gasteiger partial charge on any atom is 0.414 e. The molecule has 0 aromatic heterocycles. The third-order valence-corrected chi connectivity index (χ3v) is 5.05. The summed E-state index contributed by atoms with van der Waals surface area (Å²) in [7, 11) is 0. The van der Waals surface area contributed by atoms with Gasteiger partial charge in [0.1, 0.15) is 35.3 Å². The Morgan fingerprint density at radius 3 is 1.91 bits per heavy atom. The van der Waals surface area contributed by atoms with Crippen LogP contribution >= 0.6 is 0 Å². The number of aliphatic imine (C=N–C) groups is 1. The second kappa shape index (κ2) is 17.8. The van der Waals surface area contributed by atoms with Crippen LogP contribution in [0.1, 0.15) is 79.6 Å². The van der Waals surface area contributed by atoms with Gasteiger partial charge in [0.05, 0.1) is 25.3 Å². The summed E-state index contributed by atoms with van der Waals surface area (Å²) in [5, 5.41) is 20.0. The Morgan fingerprint density at radius 2 is 1.43 bits per heavy atom. The van der Waals surface area contributed by atoms with Crippen molar-refractivity contribution in [2.24, 2.45) is 10.4 Å². The number of esters is 1. The molecule has 0 saturated carbocycles. The summed E-state index contributed by atoms with van der Waals surface area (Å²) in [6.45, 7) is 17.0. The smallest absolute Gasteiger partial charge is 0.414 e. The first kappa shape index (κ1) is 40.3. The van der Waals surface area contributed by atoms with Crippen molar-refractivity contribution < 1.29 is 52.8 Å². The fourth-order valence-corrected chi connectivity index (χ4v) is 3.22. The van der Waals surface area contributed by atoms with E-state index in [4.69, 9.17) is 23.7 Å². The summed E-state index contributed by atoms with van der Waals surface area (Å²) in [6, 6.07) is 2.67. The number of alkyl carbamates (subject to hydrolysis) is 3. The van der Waals surface area contributed by atoms with E-state index in [1.54, 1.807) is 48.5 Å². The van der Waals surface area contributed by atoms with Gasteiger partial charge in [-0.05, 0) is 66.0 Å². The van der Waals surface area contributed by atoms with Crippen molar-refractivity contribution in [2.75, 3.05) is 32.9 Å². The highest BCUT2D eigenvalue weighted by Crippen LogP contribution is 2.23. The van der Waals surface area contributed by atoms with Crippen molar-refractivity contribution in [3.8, 4) is 11.5 Å². The molecule has 4 amide bonds. The van der Waals surface area contributed by atoms with Crippen molar-refractivity contribution in [1.29, 1.82) is 0 Å². The van der Waals surface area contributed by atoms with Crippen molar-refractivity contribution in [1.82, 2.24) is 21.3 Å². The summed E-state index contributed by atoms with van der Waals surface area (Å²) < 4.78 is 26.1. The number of amides is 4. The van der Waals surface area contributed by atoms with Gasteiger partial charge in [0, 0.05) is 12.6 Å². The third kappa shape index (κ3) is 18.1. The number of benzene rings is 1. The molecular weight excluding hydrogens is 618 g/mol. The second-order valence-electron chi connectivity index (χ2n) is 13.3. The van der Waals surface area contributed by atoms with Gasteiger partial charge in [-0.1, -0.05) is 20.8 Å². The molecule has 0 unspecified atom stereocenters. The lowest BCUT2D eigenvalue weighted by atomic mass is 9.99. The molecule has 16 heteroatoms. The number of carbonyl (C=O) groups is 5. The number of phenolic OH excluding ortho intramolecular Hbond substituents is 1. The Kier molecular flexibility index (Phi) is 15.3. The van der Waals surface area contributed by atoms with E-state index >= 15 is 0 Å². The summed E-state index contributed by atoms with van der Waals surface area (Å²) in [5.41, 5.74) is -2.02. The van der Waals surface area contributed by atoms with Crippen LogP contribution < -0.4 is 26.0 Å². The minimum absolute atomic E-state index is 0.0512. The number of carbonyl (C=O) groups excluding carboxylic acids is 5. The molecule has 0 heterocycles. The van der Waals surface area contributed by atoms with Crippen molar-refractivity contribution in [3.63, 3.8) is 0 Å². The van der Waals surface area contributed by atoms with Crippen molar-refractivity contribution >= 4 is 36.1 Å². The van der Waals surface area contributed by atoms with E-state index in [1.807, 2.05) is 20.8 Å². The average molecular weight is 668 g/mol. The van der Waals surface area contributed by atoms with Crippen LogP contribution in [0.2, 0.25) is 0 Å². The standard InChI is InChI=1S/C31H49N5O11/c1-11-43-24(39)21(34-26(40)45-18-29(2,3)4)17-33-23(38)20-13-12-19(16-22(20)37)44-15-14-32-25(35-27(41)46-30(5,6)7)36-28(42)47-31(8,9)10/h12-13,16,21,37H,11,14-15,17-18H2,1-10H3,(H,33,38)(H,34,40)(H2,32,35,36,41,42)/t21-/m0/s1. The molecule has 0 radical (unpaired) electrons. The van der Waals surface area contributed by atoms with Crippen LogP contribution in [0.4, 0.5) is 14.4 Å². The predicted molar refractivity (Wildman–Crippen MR) is 171 cm³/mol. The van der Waals surface area contributed by atoms with E-state index in [-0.39, 0.29) is 55.6 Å². The Labute approximate surface area is 275 Å². The van der Waals surface area contributed by atoms with Gasteiger partial charge in [-0.2, -0.15) is 0 Å². The first-order valence-electron chi connectivity index (χ1n) is 15.0. The number of nitrogens with one attached hydrogen (secondary N) is 4. The molecule has 0 aliphatic rings. The maximum atomic E-state index is 12.8. The Balaban J connectivity index is 2.85. The topological polar surface area (TPSA) is 212 Å². The van der Waals surface area contributed by atoms with Crippen LogP contribution in [0.5, 0.6) is 11.5 Å². The summed E-state index contributed by atoms with van der Waals surface area (Å²) in [6.07, 6.45) is -2.55. The van der Waals surface area contributed by atoms with Gasteiger partial charge in [0.15, 0.2) is 0 Å². The molecule has 0 spiro atoms. The fraction of sp³-hybridized carbons (Fsp3) is 0.613. The predicted octanol–water partition coefficient (Wildman–Crippen LogP) is 3.61. The molecular formula is C31H49N5O11. The first-order chi connectivity index (χ1) is 21.6. The Bertz CT molecular complexity index is 1250. The Hall–Kier alpha value is -4.76. The van der Waals surface area contributed by atoms with Gasteiger partial charge in [-0.3, -0.25) is 15.4 Å². The van der Waals surface area contributed by atoms with E-state index in [0.717, 1.165) is 0 Å². The molecule has 1 aromatic carbocycles. The first-order valence-corrected chi connectivity index (χ1v) is 15.0. The van der Waals surface area contributed by atoms with Crippen LogP contribution in [0.3, 0.4) is 0 Å². The van der Waals surface area contributed by atoms with Gasteiger partial charge >= 0.3 is 24.2 Å². The van der Waals surface area contributed by atoms with E-state index in [9.17, 15) is 29.1 Å². The number of nitrogens with zero attached hydrogens (tertiary/aromatic N) is 1. The number of aromatic hydroxyl groups is 1.